The number of benzene rings is 1. The number of likely N-dealkylation sites (tertiary alicyclic amines) is 1. The van der Waals surface area contributed by atoms with Crippen molar-refractivity contribution >= 4 is 5.78 Å². The third kappa shape index (κ3) is 2.59. The topological polar surface area (TPSA) is 38.8 Å². The third-order valence-electron chi connectivity index (χ3n) is 3.84. The minimum absolute atomic E-state index is 0.0264. The van der Waals surface area contributed by atoms with E-state index in [-0.39, 0.29) is 18.5 Å². The molecule has 4 nitrogen and oxygen atoms in total. The zero-order chi connectivity index (χ0) is 13.2. The lowest BCUT2D eigenvalue weighted by Gasteiger charge is -2.19. The molecule has 0 spiro atoms. The normalized spacial score (nSPS) is 19.6. The first-order valence-corrected chi connectivity index (χ1v) is 6.90. The van der Waals surface area contributed by atoms with Gasteiger partial charge in [0.2, 0.25) is 6.79 Å². The van der Waals surface area contributed by atoms with Gasteiger partial charge in [0.1, 0.15) is 0 Å². The van der Waals surface area contributed by atoms with Crippen LogP contribution in [0.15, 0.2) is 18.2 Å². The van der Waals surface area contributed by atoms with Gasteiger partial charge >= 0.3 is 0 Å². The fourth-order valence-corrected chi connectivity index (χ4v) is 2.77. The quantitative estimate of drug-likeness (QED) is 0.780. The summed E-state index contributed by atoms with van der Waals surface area (Å²) < 4.78 is 10.6. The van der Waals surface area contributed by atoms with Crippen LogP contribution in [-0.4, -0.2) is 37.1 Å². The molecule has 19 heavy (non-hydrogen) atoms. The Balaban J connectivity index is 1.68. The maximum Gasteiger partial charge on any atom is 0.231 e. The Morgan fingerprint density at radius 1 is 1.26 bits per heavy atom. The summed E-state index contributed by atoms with van der Waals surface area (Å²) in [5.74, 6) is 1.62. The van der Waals surface area contributed by atoms with Crippen LogP contribution >= 0.6 is 0 Å². The van der Waals surface area contributed by atoms with Gasteiger partial charge in [0, 0.05) is 18.0 Å². The van der Waals surface area contributed by atoms with Gasteiger partial charge in [0.25, 0.3) is 0 Å². The molecule has 1 aromatic rings. The molecule has 0 aliphatic carbocycles. The molecule has 0 amide bonds. The molecule has 0 bridgehead atoms. The summed E-state index contributed by atoms with van der Waals surface area (Å²) in [6.07, 6.45) is 2.51. The smallest absolute Gasteiger partial charge is 0.231 e. The number of rotatable bonds is 4. The lowest BCUT2D eigenvalue weighted by Crippen LogP contribution is -2.29. The molecule has 2 heterocycles. The molecule has 0 N–H and O–H groups in total. The average molecular weight is 261 g/mol. The molecule has 1 saturated heterocycles. The van der Waals surface area contributed by atoms with E-state index in [1.54, 1.807) is 6.07 Å². The van der Waals surface area contributed by atoms with Crippen LogP contribution in [0, 0.1) is 5.92 Å². The average Bonchev–Trinajstić information content (AvgIpc) is 3.07. The van der Waals surface area contributed by atoms with Gasteiger partial charge in [-0.15, -0.1) is 0 Å². The highest BCUT2D eigenvalue weighted by Gasteiger charge is 2.22. The van der Waals surface area contributed by atoms with E-state index in [4.69, 9.17) is 9.47 Å². The third-order valence-corrected chi connectivity index (χ3v) is 3.84. The minimum atomic E-state index is 0.0264. The van der Waals surface area contributed by atoms with Crippen molar-refractivity contribution in [2.45, 2.75) is 19.8 Å². The monoisotopic (exact) mass is 261 g/mol. The van der Waals surface area contributed by atoms with Gasteiger partial charge in [0.15, 0.2) is 17.3 Å². The summed E-state index contributed by atoms with van der Waals surface area (Å²) in [4.78, 5) is 14.8. The second-order valence-electron chi connectivity index (χ2n) is 5.34. The summed E-state index contributed by atoms with van der Waals surface area (Å²) in [5, 5.41) is 0. The Bertz CT molecular complexity index is 480. The highest BCUT2D eigenvalue weighted by molar-refractivity contribution is 5.98. The van der Waals surface area contributed by atoms with Crippen molar-refractivity contribution in [3.63, 3.8) is 0 Å². The fraction of sp³-hybridized carbons (Fsp3) is 0.533. The number of hydrogen-bond donors (Lipinski definition) is 0. The summed E-state index contributed by atoms with van der Waals surface area (Å²) >= 11 is 0. The van der Waals surface area contributed by atoms with E-state index >= 15 is 0 Å². The fourth-order valence-electron chi connectivity index (χ4n) is 2.77. The van der Waals surface area contributed by atoms with Crippen molar-refractivity contribution in [2.75, 3.05) is 26.4 Å². The van der Waals surface area contributed by atoms with Gasteiger partial charge in [-0.3, -0.25) is 4.79 Å². The molecule has 4 heteroatoms. The number of Topliss-reactive ketones (excluding diaryl/α,β-unsaturated/α-hetero) is 1. The lowest BCUT2D eigenvalue weighted by molar-refractivity contribution is 0.0902. The summed E-state index contributed by atoms with van der Waals surface area (Å²) in [6.45, 7) is 5.35. The Hall–Kier alpha value is -1.55. The molecule has 102 valence electrons. The Kier molecular flexibility index (Phi) is 3.42. The second-order valence-corrected chi connectivity index (χ2v) is 5.34. The Morgan fingerprint density at radius 3 is 2.79 bits per heavy atom. The van der Waals surface area contributed by atoms with E-state index in [9.17, 15) is 4.79 Å². The first-order valence-electron chi connectivity index (χ1n) is 6.90. The molecular weight excluding hydrogens is 242 g/mol. The molecule has 2 aliphatic rings. The number of ketones is 1. The summed E-state index contributed by atoms with van der Waals surface area (Å²) in [6, 6.07) is 5.44. The molecule has 3 rings (SSSR count). The van der Waals surface area contributed by atoms with Crippen molar-refractivity contribution < 1.29 is 14.3 Å². The van der Waals surface area contributed by atoms with Gasteiger partial charge in [-0.1, -0.05) is 6.92 Å². The van der Waals surface area contributed by atoms with Gasteiger partial charge in [-0.2, -0.15) is 0 Å². The zero-order valence-corrected chi connectivity index (χ0v) is 11.2. The number of carbonyl (C=O) groups is 1. The van der Waals surface area contributed by atoms with Crippen LogP contribution in [-0.2, 0) is 0 Å². The highest BCUT2D eigenvalue weighted by Crippen LogP contribution is 2.33. The van der Waals surface area contributed by atoms with Crippen LogP contribution in [0.1, 0.15) is 30.1 Å². The van der Waals surface area contributed by atoms with Crippen LogP contribution < -0.4 is 9.47 Å². The number of carbonyl (C=O) groups excluding carboxylic acids is 1. The number of ether oxygens (including phenoxy) is 2. The predicted molar refractivity (Wildman–Crippen MR) is 71.7 cm³/mol. The standard InChI is InChI=1S/C15H19NO3/c1-11(9-16-6-2-3-7-16)15(17)12-4-5-13-14(8-12)19-10-18-13/h4-5,8,11H,2-3,6-7,9-10H2,1H3. The Morgan fingerprint density at radius 2 is 2.00 bits per heavy atom. The van der Waals surface area contributed by atoms with Crippen molar-refractivity contribution in [1.82, 2.24) is 4.90 Å². The van der Waals surface area contributed by atoms with E-state index in [1.165, 1.54) is 12.8 Å². The van der Waals surface area contributed by atoms with E-state index in [0.717, 1.165) is 30.9 Å². The van der Waals surface area contributed by atoms with Crippen LogP contribution in [0.4, 0.5) is 0 Å². The minimum Gasteiger partial charge on any atom is -0.454 e. The number of hydrogen-bond acceptors (Lipinski definition) is 4. The SMILES string of the molecule is CC(CN1CCCC1)C(=O)c1ccc2c(c1)OCO2. The van der Waals surface area contributed by atoms with E-state index < -0.39 is 0 Å². The van der Waals surface area contributed by atoms with Gasteiger partial charge < -0.3 is 14.4 Å². The van der Waals surface area contributed by atoms with Crippen molar-refractivity contribution in [1.29, 1.82) is 0 Å². The molecular formula is C15H19NO3. The first-order chi connectivity index (χ1) is 9.24. The van der Waals surface area contributed by atoms with Crippen molar-refractivity contribution in [2.24, 2.45) is 5.92 Å². The molecule has 2 aliphatic heterocycles. The van der Waals surface area contributed by atoms with Crippen molar-refractivity contribution in [3.05, 3.63) is 23.8 Å². The van der Waals surface area contributed by atoms with Gasteiger partial charge in [-0.25, -0.2) is 0 Å². The van der Waals surface area contributed by atoms with Crippen LogP contribution in [0.25, 0.3) is 0 Å². The summed E-state index contributed by atoms with van der Waals surface area (Å²) in [7, 11) is 0. The molecule has 1 unspecified atom stereocenters. The maximum atomic E-state index is 12.4. The second kappa shape index (κ2) is 5.21. The predicted octanol–water partition coefficient (Wildman–Crippen LogP) is 2.33. The van der Waals surface area contributed by atoms with Crippen LogP contribution in [0.3, 0.4) is 0 Å². The van der Waals surface area contributed by atoms with Crippen LogP contribution in [0.5, 0.6) is 11.5 Å². The number of nitrogens with zero attached hydrogens (tertiary/aromatic N) is 1. The molecule has 1 fully saturated rings. The largest absolute Gasteiger partial charge is 0.454 e. The Labute approximate surface area is 113 Å². The number of fused-ring (bicyclic) bond motifs is 1. The molecule has 0 radical (unpaired) electrons. The summed E-state index contributed by atoms with van der Waals surface area (Å²) in [5.41, 5.74) is 0.718. The van der Waals surface area contributed by atoms with E-state index in [1.807, 2.05) is 19.1 Å². The molecule has 1 atom stereocenters. The maximum absolute atomic E-state index is 12.4. The van der Waals surface area contributed by atoms with Gasteiger partial charge in [0.05, 0.1) is 0 Å². The molecule has 1 aromatic carbocycles. The van der Waals surface area contributed by atoms with Crippen LogP contribution in [0.2, 0.25) is 0 Å². The van der Waals surface area contributed by atoms with E-state index in [2.05, 4.69) is 4.90 Å². The van der Waals surface area contributed by atoms with E-state index in [0.29, 0.717) is 5.75 Å². The highest BCUT2D eigenvalue weighted by atomic mass is 16.7. The zero-order valence-electron chi connectivity index (χ0n) is 11.2. The first kappa shape index (κ1) is 12.5. The lowest BCUT2D eigenvalue weighted by atomic mass is 9.98. The molecule has 0 aromatic heterocycles. The van der Waals surface area contributed by atoms with Crippen molar-refractivity contribution in [3.8, 4) is 11.5 Å². The van der Waals surface area contributed by atoms with Gasteiger partial charge in [-0.05, 0) is 44.1 Å². The molecule has 0 saturated carbocycles.